The Labute approximate surface area is 106 Å². The van der Waals surface area contributed by atoms with E-state index in [0.717, 1.165) is 13.1 Å². The molecule has 0 bridgehead atoms. The van der Waals surface area contributed by atoms with Crippen LogP contribution >= 0.6 is 23.1 Å². The van der Waals surface area contributed by atoms with Crippen molar-refractivity contribution in [2.45, 2.75) is 19.4 Å². The number of aryl methyl sites for hydroxylation is 1. The molecular weight excluding hydrogens is 236 g/mol. The molecule has 0 fully saturated rings. The van der Waals surface area contributed by atoms with Crippen LogP contribution < -0.4 is 0 Å². The van der Waals surface area contributed by atoms with E-state index in [1.807, 2.05) is 11.3 Å². The van der Waals surface area contributed by atoms with Gasteiger partial charge < -0.3 is 4.90 Å². The normalized spacial score (nSPS) is 15.9. The largest absolute Gasteiger partial charge is 0.304 e. The number of thioether (sulfide) groups is 1. The van der Waals surface area contributed by atoms with Crippen LogP contribution in [0.3, 0.4) is 0 Å². The third-order valence-corrected chi connectivity index (χ3v) is 4.49. The molecule has 0 saturated carbocycles. The second-order valence-electron chi connectivity index (χ2n) is 4.28. The predicted molar refractivity (Wildman–Crippen MR) is 75.0 cm³/mol. The zero-order valence-electron chi connectivity index (χ0n) is 10.1. The first kappa shape index (κ1) is 12.1. The van der Waals surface area contributed by atoms with Gasteiger partial charge in [0.2, 0.25) is 0 Å². The molecule has 4 heteroatoms. The van der Waals surface area contributed by atoms with Crippen molar-refractivity contribution in [3.05, 3.63) is 21.4 Å². The molecule has 2 rings (SSSR count). The SMILES string of the molecule is CSC1=NCCCc2sc(CN(C)C)cc21. The number of nitrogens with zero attached hydrogens (tertiary/aromatic N) is 2. The molecule has 0 atom stereocenters. The standard InChI is InChI=1S/C12H18N2S2/c1-14(2)8-9-7-10-11(16-9)5-4-6-13-12(10)15-3/h7H,4-6,8H2,1-3H3. The number of rotatable bonds is 2. The van der Waals surface area contributed by atoms with Crippen molar-refractivity contribution in [2.24, 2.45) is 4.99 Å². The van der Waals surface area contributed by atoms with Gasteiger partial charge in [0.15, 0.2) is 0 Å². The van der Waals surface area contributed by atoms with Gasteiger partial charge in [-0.05, 0) is 39.3 Å². The summed E-state index contributed by atoms with van der Waals surface area (Å²) < 4.78 is 0. The van der Waals surface area contributed by atoms with E-state index in [4.69, 9.17) is 0 Å². The van der Waals surface area contributed by atoms with Gasteiger partial charge in [-0.2, -0.15) is 0 Å². The van der Waals surface area contributed by atoms with Crippen LogP contribution in [0.1, 0.15) is 21.7 Å². The molecule has 1 aromatic rings. The molecule has 88 valence electrons. The maximum absolute atomic E-state index is 4.65. The van der Waals surface area contributed by atoms with Crippen molar-refractivity contribution in [1.82, 2.24) is 4.90 Å². The van der Waals surface area contributed by atoms with Crippen LogP contribution in [0.25, 0.3) is 0 Å². The van der Waals surface area contributed by atoms with E-state index < -0.39 is 0 Å². The summed E-state index contributed by atoms with van der Waals surface area (Å²) >= 11 is 3.74. The molecule has 0 amide bonds. The molecular formula is C12H18N2S2. The van der Waals surface area contributed by atoms with Crippen LogP contribution in [-0.2, 0) is 13.0 Å². The van der Waals surface area contributed by atoms with Crippen molar-refractivity contribution in [3.63, 3.8) is 0 Å². The van der Waals surface area contributed by atoms with Gasteiger partial charge in [-0.1, -0.05) is 0 Å². The Bertz CT molecular complexity index is 394. The molecule has 0 radical (unpaired) electrons. The third kappa shape index (κ3) is 2.67. The van der Waals surface area contributed by atoms with Gasteiger partial charge >= 0.3 is 0 Å². The van der Waals surface area contributed by atoms with E-state index in [0.29, 0.717) is 0 Å². The Kier molecular flexibility index (Phi) is 4.05. The molecule has 0 unspecified atom stereocenters. The van der Waals surface area contributed by atoms with Crippen molar-refractivity contribution >= 4 is 28.1 Å². The highest BCUT2D eigenvalue weighted by Gasteiger charge is 2.16. The molecule has 2 heterocycles. The zero-order valence-corrected chi connectivity index (χ0v) is 11.7. The van der Waals surface area contributed by atoms with Gasteiger partial charge in [0.1, 0.15) is 0 Å². The van der Waals surface area contributed by atoms with E-state index in [2.05, 4.69) is 36.3 Å². The summed E-state index contributed by atoms with van der Waals surface area (Å²) in [4.78, 5) is 9.86. The third-order valence-electron chi connectivity index (χ3n) is 2.57. The molecule has 1 aliphatic rings. The quantitative estimate of drug-likeness (QED) is 0.806. The molecule has 0 N–H and O–H groups in total. The highest BCUT2D eigenvalue weighted by Crippen LogP contribution is 2.29. The lowest BCUT2D eigenvalue weighted by molar-refractivity contribution is 0.406. The van der Waals surface area contributed by atoms with Gasteiger partial charge in [-0.3, -0.25) is 4.99 Å². The maximum atomic E-state index is 4.65. The number of thiophene rings is 1. The van der Waals surface area contributed by atoms with Crippen LogP contribution in [0.4, 0.5) is 0 Å². The van der Waals surface area contributed by atoms with Gasteiger partial charge in [-0.25, -0.2) is 0 Å². The molecule has 0 saturated heterocycles. The van der Waals surface area contributed by atoms with Crippen molar-refractivity contribution in [1.29, 1.82) is 0 Å². The lowest BCUT2D eigenvalue weighted by Gasteiger charge is -2.06. The molecule has 1 aromatic heterocycles. The molecule has 0 spiro atoms. The average Bonchev–Trinajstić information content (AvgIpc) is 2.51. The summed E-state index contributed by atoms with van der Waals surface area (Å²) in [5.74, 6) is 0. The second kappa shape index (κ2) is 5.34. The smallest absolute Gasteiger partial charge is 0.0985 e. The number of hydrogen-bond acceptors (Lipinski definition) is 4. The lowest BCUT2D eigenvalue weighted by atomic mass is 10.2. The monoisotopic (exact) mass is 254 g/mol. The molecule has 2 nitrogen and oxygen atoms in total. The fraction of sp³-hybridized carbons (Fsp3) is 0.583. The summed E-state index contributed by atoms with van der Waals surface area (Å²) in [5.41, 5.74) is 1.40. The number of fused-ring (bicyclic) bond motifs is 1. The first-order valence-electron chi connectivity index (χ1n) is 5.56. The van der Waals surface area contributed by atoms with E-state index in [1.165, 1.54) is 33.2 Å². The van der Waals surface area contributed by atoms with Gasteiger partial charge in [0.05, 0.1) is 5.04 Å². The second-order valence-corrected chi connectivity index (χ2v) is 6.30. The van der Waals surface area contributed by atoms with E-state index >= 15 is 0 Å². The summed E-state index contributed by atoms with van der Waals surface area (Å²) in [6, 6.07) is 2.33. The van der Waals surface area contributed by atoms with Crippen LogP contribution in [0, 0.1) is 0 Å². The van der Waals surface area contributed by atoms with Crippen LogP contribution in [0.15, 0.2) is 11.1 Å². The Hall–Kier alpha value is -0.320. The van der Waals surface area contributed by atoms with Gasteiger partial charge in [0.25, 0.3) is 0 Å². The number of aliphatic imine (C=N–C) groups is 1. The Morgan fingerprint density at radius 3 is 3.00 bits per heavy atom. The Morgan fingerprint density at radius 1 is 1.50 bits per heavy atom. The zero-order chi connectivity index (χ0) is 11.5. The maximum Gasteiger partial charge on any atom is 0.0985 e. The summed E-state index contributed by atoms with van der Waals surface area (Å²) in [7, 11) is 4.24. The minimum atomic E-state index is 0.987. The van der Waals surface area contributed by atoms with Gasteiger partial charge in [0, 0.05) is 28.4 Å². The molecule has 1 aliphatic heterocycles. The summed E-state index contributed by atoms with van der Waals surface area (Å²) in [6.45, 7) is 2.03. The lowest BCUT2D eigenvalue weighted by Crippen LogP contribution is -2.09. The molecule has 0 aromatic carbocycles. The minimum absolute atomic E-state index is 0.987. The fourth-order valence-electron chi connectivity index (χ4n) is 1.92. The average molecular weight is 254 g/mol. The first-order valence-corrected chi connectivity index (χ1v) is 7.60. The summed E-state index contributed by atoms with van der Waals surface area (Å²) in [5, 5.41) is 1.23. The summed E-state index contributed by atoms with van der Waals surface area (Å²) in [6.07, 6.45) is 4.51. The fourth-order valence-corrected chi connectivity index (χ4v) is 3.94. The Morgan fingerprint density at radius 2 is 2.31 bits per heavy atom. The molecule has 16 heavy (non-hydrogen) atoms. The number of hydrogen-bond donors (Lipinski definition) is 0. The molecule has 0 aliphatic carbocycles. The van der Waals surface area contributed by atoms with Crippen LogP contribution in [0.2, 0.25) is 0 Å². The van der Waals surface area contributed by atoms with Gasteiger partial charge in [-0.15, -0.1) is 23.1 Å². The van der Waals surface area contributed by atoms with Crippen molar-refractivity contribution in [2.75, 3.05) is 26.9 Å². The topological polar surface area (TPSA) is 15.6 Å². The minimum Gasteiger partial charge on any atom is -0.304 e. The Balaban J connectivity index is 2.30. The van der Waals surface area contributed by atoms with Crippen molar-refractivity contribution < 1.29 is 0 Å². The highest BCUT2D eigenvalue weighted by atomic mass is 32.2. The first-order chi connectivity index (χ1) is 7.70. The van der Waals surface area contributed by atoms with E-state index in [1.54, 1.807) is 11.8 Å². The van der Waals surface area contributed by atoms with E-state index in [9.17, 15) is 0 Å². The van der Waals surface area contributed by atoms with Crippen LogP contribution in [0.5, 0.6) is 0 Å². The predicted octanol–water partition coefficient (Wildman–Crippen LogP) is 2.87. The highest BCUT2D eigenvalue weighted by molar-refractivity contribution is 8.13. The van der Waals surface area contributed by atoms with Crippen molar-refractivity contribution in [3.8, 4) is 0 Å². The van der Waals surface area contributed by atoms with E-state index in [-0.39, 0.29) is 0 Å². The van der Waals surface area contributed by atoms with Crippen LogP contribution in [-0.4, -0.2) is 36.8 Å².